The molecule has 1 saturated heterocycles. The number of hydrogen-bond donors (Lipinski definition) is 10. The van der Waals surface area contributed by atoms with E-state index < -0.39 is 18.9 Å². The van der Waals surface area contributed by atoms with Crippen molar-refractivity contribution in [3.05, 3.63) is 136 Å². The van der Waals surface area contributed by atoms with Crippen molar-refractivity contribution in [3.8, 4) is 11.5 Å². The Morgan fingerprint density at radius 2 is 1.69 bits per heavy atom. The average molecular weight is 1260 g/mol. The molecule has 13 atom stereocenters. The number of nitrogens with two attached hydrogens (primary N) is 2. The number of benzene rings is 3. The van der Waals surface area contributed by atoms with Gasteiger partial charge in [0.2, 0.25) is 0 Å². The maximum Gasteiger partial charge on any atom is 0.189 e. The molecule has 5 aliphatic heterocycles. The normalized spacial score (nSPS) is 33.3. The first-order chi connectivity index (χ1) is 43.7. The minimum absolute atomic E-state index is 0.0158. The summed E-state index contributed by atoms with van der Waals surface area (Å²) in [5.74, 6) is 4.84. The van der Waals surface area contributed by atoms with Crippen molar-refractivity contribution in [2.24, 2.45) is 68.7 Å². The van der Waals surface area contributed by atoms with Crippen LogP contribution in [0, 0.1) is 52.3 Å². The number of nitrogens with zero attached hydrogens (tertiary/aromatic N) is 1. The number of fused-ring (bicyclic) bond motifs is 12. The highest BCUT2D eigenvalue weighted by molar-refractivity contribution is 8.76. The summed E-state index contributed by atoms with van der Waals surface area (Å²) < 4.78 is 5.69. The quantitative estimate of drug-likeness (QED) is 0.0436. The predicted molar refractivity (Wildman–Crippen MR) is 366 cm³/mol. The highest BCUT2D eigenvalue weighted by atomic mass is 33.1. The number of piperidine rings is 1. The molecule has 3 aromatic rings. The second-order valence-corrected chi connectivity index (χ2v) is 31.5. The van der Waals surface area contributed by atoms with Gasteiger partial charge in [-0.1, -0.05) is 101 Å². The summed E-state index contributed by atoms with van der Waals surface area (Å²) in [7, 11) is 4.89. The number of methoxy groups -OCH3 is 1. The van der Waals surface area contributed by atoms with Crippen LogP contribution in [0.25, 0.3) is 5.57 Å². The van der Waals surface area contributed by atoms with E-state index in [0.29, 0.717) is 102 Å². The van der Waals surface area contributed by atoms with Crippen LogP contribution < -0.4 is 42.8 Å². The molecule has 90 heavy (non-hydrogen) atoms. The number of phenolic OH excluding ortho intramolecular Hbond substituents is 1. The van der Waals surface area contributed by atoms with Crippen LogP contribution in [0.4, 0.5) is 0 Å². The molecule has 0 amide bonds. The van der Waals surface area contributed by atoms with Gasteiger partial charge >= 0.3 is 0 Å². The van der Waals surface area contributed by atoms with Gasteiger partial charge in [-0.2, -0.15) is 0 Å². The number of dihydropyridines is 1. The Hall–Kier alpha value is -4.91. The molecule has 13 rings (SSSR count). The number of ether oxygens (including phenoxy) is 1. The molecule has 486 valence electrons. The third-order valence-electron chi connectivity index (χ3n) is 23.4. The summed E-state index contributed by atoms with van der Waals surface area (Å²) in [4.78, 5) is 34.3. The molecule has 10 aliphatic rings. The second kappa shape index (κ2) is 29.2. The van der Waals surface area contributed by atoms with E-state index in [4.69, 9.17) is 21.2 Å². The monoisotopic (exact) mass is 1260 g/mol. The highest BCUT2D eigenvalue weighted by Gasteiger charge is 2.66. The van der Waals surface area contributed by atoms with Crippen LogP contribution in [0.2, 0.25) is 0 Å². The molecule has 7 bridgehead atoms. The summed E-state index contributed by atoms with van der Waals surface area (Å²) >= 11 is 0. The molecule has 3 aromatic carbocycles. The van der Waals surface area contributed by atoms with E-state index in [2.05, 4.69) is 93.3 Å². The molecule has 2 spiro atoms. The summed E-state index contributed by atoms with van der Waals surface area (Å²) in [5, 5.41) is 53.1. The minimum Gasteiger partial charge on any atom is -0.504 e. The Kier molecular flexibility index (Phi) is 21.1. The minimum atomic E-state index is -0.468. The summed E-state index contributed by atoms with van der Waals surface area (Å²) in [6.07, 6.45) is 27.9. The Morgan fingerprint density at radius 3 is 2.49 bits per heavy atom. The predicted octanol–water partition coefficient (Wildman–Crippen LogP) is 10.4. The van der Waals surface area contributed by atoms with Crippen molar-refractivity contribution in [3.63, 3.8) is 0 Å². The van der Waals surface area contributed by atoms with Gasteiger partial charge in [0.25, 0.3) is 0 Å². The molecule has 6 fully saturated rings. The van der Waals surface area contributed by atoms with E-state index in [0.717, 1.165) is 120 Å². The number of allylic oxidation sites excluding steroid dienone is 3. The van der Waals surface area contributed by atoms with Gasteiger partial charge in [-0.25, -0.2) is 4.99 Å². The first-order valence-corrected chi connectivity index (χ1v) is 36.9. The van der Waals surface area contributed by atoms with Crippen molar-refractivity contribution < 1.29 is 29.6 Å². The summed E-state index contributed by atoms with van der Waals surface area (Å²) in [5.41, 5.74) is 22.6. The number of carbonyl (C=O) groups excluding carboxylic acids is 2. The Balaban J connectivity index is 0.874. The molecule has 14 nitrogen and oxygen atoms in total. The molecule has 1 unspecified atom stereocenters. The number of aliphatic imine (C=N–C) groups is 1. The Labute approximate surface area is 543 Å². The smallest absolute Gasteiger partial charge is 0.189 e. The van der Waals surface area contributed by atoms with Gasteiger partial charge < -0.3 is 58.1 Å². The summed E-state index contributed by atoms with van der Waals surface area (Å²) in [6, 6.07) is 23.6. The first kappa shape index (κ1) is 65.2. The number of aliphatic hydroxyl groups excluding tert-OH is 2. The van der Waals surface area contributed by atoms with Crippen LogP contribution in [0.1, 0.15) is 150 Å². The van der Waals surface area contributed by atoms with Gasteiger partial charge in [0.05, 0.1) is 38.3 Å². The van der Waals surface area contributed by atoms with Crippen LogP contribution >= 0.6 is 21.6 Å². The van der Waals surface area contributed by atoms with Crippen molar-refractivity contribution in [2.45, 2.75) is 178 Å². The number of Topliss-reactive ketones (excluding diaryl/α,β-unsaturated/α-hetero) is 1. The van der Waals surface area contributed by atoms with E-state index in [-0.39, 0.29) is 57.8 Å². The molecule has 0 aromatic heterocycles. The SMILES string of the molecule is COc1cc2c(cc1O)CC1=CNC(N)C(=C1CCc1cccc(CCc3ccccc3)c1)CSSCN=C(N)NC1(CCCC1)C[C@H]1CC[C@@]3(C1)[C@@H](NC[C@H](C)O)C[C@]1(C[C@@H]4[C@@H]5CCNC[C@@H]5C[C@@H]5C=CCN[C@@H]45)C[C@@H](CC[C@@H]13)CC(=O)CC(=O)/C=C/2CO. The fraction of sp³-hybridized carbons (Fsp3) is 0.608. The fourth-order valence-corrected chi connectivity index (χ4v) is 21.6. The molecule has 16 heteroatoms. The Bertz CT molecular complexity index is 3180. The van der Waals surface area contributed by atoms with E-state index in [1.807, 2.05) is 13.1 Å². The third-order valence-corrected chi connectivity index (χ3v) is 25.4. The number of aromatic hydroxyl groups is 1. The molecular weight excluding hydrogens is 1160 g/mol. The zero-order chi connectivity index (χ0) is 62.4. The standard InChI is InChI=1S/C74H102N8O6S2/c1-47(84)41-79-68-40-72(39-63-61-22-27-77-42-55(61)30-53-14-9-26-78-69(53)63)36-51-18-20-67(72)74(68)25-21-52(38-74)37-73(23-6-7-24-73)82-71(76)81-46-90-89-45-64-60(19-17-50-13-8-12-49(28-50)16-15-48-10-4-3-5-11-48)56(43-80-70(64)75)31-54-33-65(87)66(88-2)35-62(54)57(44-83)32-59(86)34-58(85)29-51/h3-5,8-14,28,32-33,35,43,47,51-53,55,61,63,67-70,77-80,83-84,87H,6-7,15-27,29-31,34,36-42,44-46,75H2,1-2H3,(H3,76,81,82)/b57-32+/t47-,51-,52+,53-,55-,61+,63+,67-,68-,69+,70?,72+,74-/m0/s1. The van der Waals surface area contributed by atoms with Gasteiger partial charge in [0, 0.05) is 49.1 Å². The molecular formula is C74H102N8O6S2. The van der Waals surface area contributed by atoms with Crippen LogP contribution in [-0.2, 0) is 35.3 Å². The zero-order valence-electron chi connectivity index (χ0n) is 53.5. The number of aliphatic hydroxyl groups is 2. The van der Waals surface area contributed by atoms with Crippen LogP contribution in [-0.4, -0.2) is 114 Å². The molecule has 0 radical (unpaired) electrons. The van der Waals surface area contributed by atoms with Crippen molar-refractivity contribution >= 4 is 44.7 Å². The van der Waals surface area contributed by atoms with E-state index in [9.17, 15) is 24.9 Å². The van der Waals surface area contributed by atoms with E-state index in [1.54, 1.807) is 33.7 Å². The van der Waals surface area contributed by atoms with E-state index >= 15 is 0 Å². The van der Waals surface area contributed by atoms with E-state index in [1.165, 1.54) is 62.0 Å². The first-order valence-electron chi connectivity index (χ1n) is 34.4. The second-order valence-electron chi connectivity index (χ2n) is 29.0. The van der Waals surface area contributed by atoms with Crippen LogP contribution in [0.5, 0.6) is 11.5 Å². The maximum atomic E-state index is 14.7. The van der Waals surface area contributed by atoms with Crippen molar-refractivity contribution in [1.29, 1.82) is 0 Å². The van der Waals surface area contributed by atoms with Crippen molar-refractivity contribution in [2.75, 3.05) is 51.5 Å². The van der Waals surface area contributed by atoms with Crippen LogP contribution in [0.15, 0.2) is 113 Å². The van der Waals surface area contributed by atoms with Crippen molar-refractivity contribution in [1.82, 2.24) is 26.6 Å². The highest BCUT2D eigenvalue weighted by Crippen LogP contribution is 2.71. The molecule has 12 N–H and O–H groups in total. The van der Waals surface area contributed by atoms with Gasteiger partial charge in [-0.3, -0.25) is 9.59 Å². The van der Waals surface area contributed by atoms with Gasteiger partial charge in [-0.15, -0.1) is 0 Å². The topological polar surface area (TPSA) is 229 Å². The number of hydrogen-bond acceptors (Lipinski definition) is 16. The molecule has 5 heterocycles. The van der Waals surface area contributed by atoms with Gasteiger partial charge in [0.15, 0.2) is 23.2 Å². The number of guanidine groups is 1. The Morgan fingerprint density at radius 1 is 0.889 bits per heavy atom. The number of aryl methyl sites for hydroxylation is 3. The number of phenols is 1. The van der Waals surface area contributed by atoms with Gasteiger partial charge in [-0.05, 0) is 256 Å². The van der Waals surface area contributed by atoms with Gasteiger partial charge in [0.1, 0.15) is 5.78 Å². The number of nitrogens with one attached hydrogen (secondary N) is 5. The molecule has 5 aliphatic carbocycles. The number of carbonyl (C=O) groups is 2. The zero-order valence-corrected chi connectivity index (χ0v) is 55.1. The lowest BCUT2D eigenvalue weighted by Gasteiger charge is -2.55. The van der Waals surface area contributed by atoms with Crippen LogP contribution in [0.3, 0.4) is 0 Å². The third kappa shape index (κ3) is 14.7. The fourth-order valence-electron chi connectivity index (χ4n) is 19.7. The number of ketones is 2. The lowest BCUT2D eigenvalue weighted by molar-refractivity contribution is -0.126. The average Bonchev–Trinajstić information content (AvgIpc) is 1.53. The lowest BCUT2D eigenvalue weighted by atomic mass is 9.52. The molecule has 5 saturated carbocycles. The largest absolute Gasteiger partial charge is 0.504 e. The lowest BCUT2D eigenvalue weighted by Crippen LogP contribution is -2.57. The summed E-state index contributed by atoms with van der Waals surface area (Å²) in [6.45, 7) is 5.06. The number of rotatable bonds is 13. The maximum absolute atomic E-state index is 14.7.